The van der Waals surface area contributed by atoms with Crippen LogP contribution in [0, 0.1) is 0 Å². The summed E-state index contributed by atoms with van der Waals surface area (Å²) in [5, 5.41) is 10.0. The van der Waals surface area contributed by atoms with Crippen LogP contribution >= 0.6 is 0 Å². The van der Waals surface area contributed by atoms with Crippen LogP contribution in [0.3, 0.4) is 0 Å². The molecular formula is C18H19F3N2O2. The Labute approximate surface area is 143 Å². The molecule has 0 amide bonds. The molecule has 1 aromatic carbocycles. The number of hydrogen-bond donors (Lipinski definition) is 1. The summed E-state index contributed by atoms with van der Waals surface area (Å²) >= 11 is 0. The summed E-state index contributed by atoms with van der Waals surface area (Å²) in [5.74, 6) is -0.551. The van der Waals surface area contributed by atoms with Crippen LogP contribution in [0.15, 0.2) is 41.3 Å². The van der Waals surface area contributed by atoms with Crippen LogP contribution in [-0.4, -0.2) is 34.7 Å². The van der Waals surface area contributed by atoms with E-state index in [-0.39, 0.29) is 22.7 Å². The fourth-order valence-electron chi connectivity index (χ4n) is 3.30. The average molecular weight is 352 g/mol. The molecule has 3 rings (SSSR count). The molecule has 1 N–H and O–H groups in total. The summed E-state index contributed by atoms with van der Waals surface area (Å²) < 4.78 is 39.8. The highest BCUT2D eigenvalue weighted by atomic mass is 19.4. The van der Waals surface area contributed by atoms with Crippen LogP contribution in [0.1, 0.15) is 24.4 Å². The van der Waals surface area contributed by atoms with Gasteiger partial charge in [0.25, 0.3) is 5.56 Å². The zero-order valence-corrected chi connectivity index (χ0v) is 13.8. The SMILES string of the molecule is CN1CCC[C@@H](n2cccc(-c3ccc(C(F)(F)F)cc3O)c2=O)C1. The molecule has 0 spiro atoms. The van der Waals surface area contributed by atoms with Gasteiger partial charge in [0.05, 0.1) is 11.1 Å². The minimum absolute atomic E-state index is 0.0165. The summed E-state index contributed by atoms with van der Waals surface area (Å²) in [6.07, 6.45) is -1.01. The highest BCUT2D eigenvalue weighted by Gasteiger charge is 2.31. The number of rotatable bonds is 2. The first-order chi connectivity index (χ1) is 11.8. The number of likely N-dealkylation sites (tertiary alicyclic amines) is 1. The first kappa shape index (κ1) is 17.5. The van der Waals surface area contributed by atoms with Gasteiger partial charge in [-0.1, -0.05) is 0 Å². The number of likely N-dealkylation sites (N-methyl/N-ethyl adjacent to an activating group) is 1. The average Bonchev–Trinajstić information content (AvgIpc) is 2.54. The second-order valence-electron chi connectivity index (χ2n) is 6.42. The third-order valence-electron chi connectivity index (χ3n) is 4.58. The molecule has 1 aliphatic rings. The molecule has 0 saturated carbocycles. The van der Waals surface area contributed by atoms with E-state index in [1.54, 1.807) is 16.8 Å². The Bertz CT molecular complexity index is 830. The number of aromatic hydroxyl groups is 1. The van der Waals surface area contributed by atoms with Gasteiger partial charge >= 0.3 is 6.18 Å². The van der Waals surface area contributed by atoms with Crippen LogP contribution in [0.4, 0.5) is 13.2 Å². The molecule has 0 unspecified atom stereocenters. The maximum atomic E-state index is 12.8. The van der Waals surface area contributed by atoms with Crippen LogP contribution < -0.4 is 5.56 Å². The molecule has 0 bridgehead atoms. The molecule has 0 radical (unpaired) electrons. The second kappa shape index (κ2) is 6.55. The van der Waals surface area contributed by atoms with E-state index in [0.717, 1.165) is 38.1 Å². The lowest BCUT2D eigenvalue weighted by atomic mass is 10.0. The predicted octanol–water partition coefficient (Wildman–Crippen LogP) is 3.51. The van der Waals surface area contributed by atoms with Gasteiger partial charge in [0, 0.05) is 24.3 Å². The predicted molar refractivity (Wildman–Crippen MR) is 88.6 cm³/mol. The summed E-state index contributed by atoms with van der Waals surface area (Å²) in [6, 6.07) is 5.89. The number of aromatic nitrogens is 1. The molecule has 1 atom stereocenters. The maximum Gasteiger partial charge on any atom is 0.416 e. The molecule has 1 fully saturated rings. The molecule has 1 aromatic heterocycles. The lowest BCUT2D eigenvalue weighted by molar-refractivity contribution is -0.137. The van der Waals surface area contributed by atoms with Gasteiger partial charge in [-0.3, -0.25) is 4.79 Å². The van der Waals surface area contributed by atoms with E-state index in [0.29, 0.717) is 6.07 Å². The van der Waals surface area contributed by atoms with E-state index in [1.165, 1.54) is 6.07 Å². The summed E-state index contributed by atoms with van der Waals surface area (Å²) in [6.45, 7) is 1.72. The fourth-order valence-corrected chi connectivity index (χ4v) is 3.30. The highest BCUT2D eigenvalue weighted by Crippen LogP contribution is 2.35. The minimum Gasteiger partial charge on any atom is -0.507 e. The summed E-state index contributed by atoms with van der Waals surface area (Å²) in [4.78, 5) is 15.0. The first-order valence-corrected chi connectivity index (χ1v) is 8.07. The molecule has 1 saturated heterocycles. The van der Waals surface area contributed by atoms with Crippen LogP contribution in [0.5, 0.6) is 5.75 Å². The molecular weight excluding hydrogens is 333 g/mol. The zero-order valence-electron chi connectivity index (χ0n) is 13.8. The normalized spacial score (nSPS) is 19.1. The van der Waals surface area contributed by atoms with E-state index in [9.17, 15) is 23.1 Å². The smallest absolute Gasteiger partial charge is 0.416 e. The van der Waals surface area contributed by atoms with Crippen molar-refractivity contribution in [1.29, 1.82) is 0 Å². The van der Waals surface area contributed by atoms with E-state index in [2.05, 4.69) is 4.90 Å². The molecule has 4 nitrogen and oxygen atoms in total. The van der Waals surface area contributed by atoms with Gasteiger partial charge in [-0.05, 0) is 56.8 Å². The number of halogens is 3. The van der Waals surface area contributed by atoms with E-state index in [4.69, 9.17) is 0 Å². The number of nitrogens with zero attached hydrogens (tertiary/aromatic N) is 2. The fraction of sp³-hybridized carbons (Fsp3) is 0.389. The van der Waals surface area contributed by atoms with Crippen molar-refractivity contribution in [2.45, 2.75) is 25.1 Å². The Morgan fingerprint density at radius 2 is 1.96 bits per heavy atom. The Morgan fingerprint density at radius 3 is 2.60 bits per heavy atom. The zero-order chi connectivity index (χ0) is 18.2. The van der Waals surface area contributed by atoms with Gasteiger partial charge in [0.1, 0.15) is 5.75 Å². The van der Waals surface area contributed by atoms with Gasteiger partial charge < -0.3 is 14.6 Å². The number of phenols is 1. The monoisotopic (exact) mass is 352 g/mol. The van der Waals surface area contributed by atoms with Gasteiger partial charge in [-0.2, -0.15) is 13.2 Å². The van der Waals surface area contributed by atoms with Gasteiger partial charge in [0.15, 0.2) is 0 Å². The first-order valence-electron chi connectivity index (χ1n) is 8.07. The Hall–Kier alpha value is -2.28. The topological polar surface area (TPSA) is 45.5 Å². The highest BCUT2D eigenvalue weighted by molar-refractivity contribution is 5.69. The van der Waals surface area contributed by atoms with Crippen molar-refractivity contribution in [3.8, 4) is 16.9 Å². The number of phenolic OH excluding ortho intramolecular Hbond substituents is 1. The number of hydrogen-bond acceptors (Lipinski definition) is 3. The summed E-state index contributed by atoms with van der Waals surface area (Å²) in [5.41, 5.74) is -0.949. The molecule has 1 aliphatic heterocycles. The van der Waals surface area contributed by atoms with Crippen LogP contribution in [-0.2, 0) is 6.18 Å². The number of benzene rings is 1. The van der Waals surface area contributed by atoms with Crippen LogP contribution in [0.25, 0.3) is 11.1 Å². The Morgan fingerprint density at radius 1 is 1.20 bits per heavy atom. The van der Waals surface area contributed by atoms with Crippen molar-refractivity contribution >= 4 is 0 Å². The van der Waals surface area contributed by atoms with Crippen molar-refractivity contribution in [2.24, 2.45) is 0 Å². The lowest BCUT2D eigenvalue weighted by Gasteiger charge is -2.31. The molecule has 7 heteroatoms. The summed E-state index contributed by atoms with van der Waals surface area (Å²) in [7, 11) is 1.99. The Balaban J connectivity index is 2.01. The Kier molecular flexibility index (Phi) is 4.60. The standard InChI is InChI=1S/C18H19F3N2O2/c1-22-8-2-4-13(11-22)23-9-3-5-15(17(23)25)14-7-6-12(10-16(14)24)18(19,20)21/h3,5-7,9-10,13,24H,2,4,8,11H2,1H3/t13-/m1/s1. The number of pyridine rings is 1. The van der Waals surface area contributed by atoms with Crippen molar-refractivity contribution in [1.82, 2.24) is 9.47 Å². The molecule has 25 heavy (non-hydrogen) atoms. The van der Waals surface area contributed by atoms with Crippen molar-refractivity contribution < 1.29 is 18.3 Å². The number of piperidine rings is 1. The lowest BCUT2D eigenvalue weighted by Crippen LogP contribution is -2.37. The molecule has 0 aliphatic carbocycles. The third-order valence-corrected chi connectivity index (χ3v) is 4.58. The van der Waals surface area contributed by atoms with Gasteiger partial charge in [-0.25, -0.2) is 0 Å². The van der Waals surface area contributed by atoms with E-state index < -0.39 is 17.5 Å². The quantitative estimate of drug-likeness (QED) is 0.900. The van der Waals surface area contributed by atoms with Gasteiger partial charge in [-0.15, -0.1) is 0 Å². The number of alkyl halides is 3. The molecule has 2 aromatic rings. The maximum absolute atomic E-state index is 12.8. The van der Waals surface area contributed by atoms with Crippen molar-refractivity contribution in [2.75, 3.05) is 20.1 Å². The van der Waals surface area contributed by atoms with Crippen molar-refractivity contribution in [3.63, 3.8) is 0 Å². The molecule has 2 heterocycles. The van der Waals surface area contributed by atoms with Gasteiger partial charge in [0.2, 0.25) is 0 Å². The molecule has 134 valence electrons. The minimum atomic E-state index is -4.54. The largest absolute Gasteiger partial charge is 0.507 e. The van der Waals surface area contributed by atoms with Crippen molar-refractivity contribution in [3.05, 3.63) is 52.4 Å². The van der Waals surface area contributed by atoms with E-state index >= 15 is 0 Å². The second-order valence-corrected chi connectivity index (χ2v) is 6.42. The van der Waals surface area contributed by atoms with E-state index in [1.807, 2.05) is 7.05 Å². The third kappa shape index (κ3) is 3.56. The van der Waals surface area contributed by atoms with Crippen LogP contribution in [0.2, 0.25) is 0 Å².